The minimum absolute atomic E-state index is 0.0136. The molecule has 0 aliphatic heterocycles. The number of thioether (sulfide) groups is 1. The second-order valence-electron chi connectivity index (χ2n) is 6.01. The standard InChI is InChI=1S/C21H27NO5S/c1-14(28-16-7-9-18(25-3)20(13-16)27-5)21(23)22-11-10-15-6-8-17(24-2)19(12-15)26-4/h6-9,12-14H,10-11H2,1-5H3,(H,22,23)/t14-/m0/s1. The molecule has 0 aromatic heterocycles. The Hall–Kier alpha value is -2.54. The highest BCUT2D eigenvalue weighted by Gasteiger charge is 2.15. The summed E-state index contributed by atoms with van der Waals surface area (Å²) in [6.07, 6.45) is 0.708. The van der Waals surface area contributed by atoms with Gasteiger partial charge in [-0.15, -0.1) is 11.8 Å². The van der Waals surface area contributed by atoms with Crippen LogP contribution in [0.5, 0.6) is 23.0 Å². The van der Waals surface area contributed by atoms with E-state index < -0.39 is 0 Å². The molecule has 0 saturated heterocycles. The van der Waals surface area contributed by atoms with Gasteiger partial charge in [-0.2, -0.15) is 0 Å². The Morgan fingerprint density at radius 1 is 0.893 bits per heavy atom. The van der Waals surface area contributed by atoms with Crippen molar-refractivity contribution in [3.05, 3.63) is 42.0 Å². The van der Waals surface area contributed by atoms with E-state index in [0.717, 1.165) is 10.5 Å². The number of amides is 1. The number of ether oxygens (including phenoxy) is 4. The smallest absolute Gasteiger partial charge is 0.233 e. The van der Waals surface area contributed by atoms with Crippen molar-refractivity contribution in [2.75, 3.05) is 35.0 Å². The number of carbonyl (C=O) groups excluding carboxylic acids is 1. The van der Waals surface area contributed by atoms with Crippen LogP contribution >= 0.6 is 11.8 Å². The van der Waals surface area contributed by atoms with E-state index in [1.54, 1.807) is 28.4 Å². The zero-order chi connectivity index (χ0) is 20.5. The van der Waals surface area contributed by atoms with Crippen LogP contribution in [0.25, 0.3) is 0 Å². The molecule has 1 atom stereocenters. The molecule has 152 valence electrons. The van der Waals surface area contributed by atoms with Gasteiger partial charge in [-0.1, -0.05) is 6.07 Å². The molecule has 2 rings (SSSR count). The van der Waals surface area contributed by atoms with Gasteiger partial charge in [0.1, 0.15) is 0 Å². The Bertz CT molecular complexity index is 796. The third kappa shape index (κ3) is 5.73. The third-order valence-electron chi connectivity index (χ3n) is 4.20. The van der Waals surface area contributed by atoms with Gasteiger partial charge in [0.05, 0.1) is 33.7 Å². The maximum Gasteiger partial charge on any atom is 0.233 e. The van der Waals surface area contributed by atoms with E-state index in [4.69, 9.17) is 18.9 Å². The lowest BCUT2D eigenvalue weighted by Gasteiger charge is -2.14. The molecule has 0 aliphatic carbocycles. The molecule has 2 aromatic rings. The monoisotopic (exact) mass is 405 g/mol. The third-order valence-corrected chi connectivity index (χ3v) is 5.29. The van der Waals surface area contributed by atoms with Crippen molar-refractivity contribution in [2.45, 2.75) is 23.5 Å². The van der Waals surface area contributed by atoms with E-state index >= 15 is 0 Å². The first-order valence-corrected chi connectivity index (χ1v) is 9.77. The van der Waals surface area contributed by atoms with Gasteiger partial charge in [0.25, 0.3) is 0 Å². The fourth-order valence-corrected chi connectivity index (χ4v) is 3.58. The fourth-order valence-electron chi connectivity index (χ4n) is 2.66. The molecule has 7 heteroatoms. The van der Waals surface area contributed by atoms with Gasteiger partial charge in [-0.25, -0.2) is 0 Å². The van der Waals surface area contributed by atoms with E-state index in [-0.39, 0.29) is 11.2 Å². The lowest BCUT2D eigenvalue weighted by Crippen LogP contribution is -2.32. The lowest BCUT2D eigenvalue weighted by atomic mass is 10.1. The highest BCUT2D eigenvalue weighted by molar-refractivity contribution is 8.00. The van der Waals surface area contributed by atoms with Crippen LogP contribution in [-0.4, -0.2) is 46.1 Å². The molecule has 0 saturated carbocycles. The van der Waals surface area contributed by atoms with Crippen LogP contribution in [0.3, 0.4) is 0 Å². The van der Waals surface area contributed by atoms with E-state index in [9.17, 15) is 4.79 Å². The van der Waals surface area contributed by atoms with Crippen LogP contribution in [0.15, 0.2) is 41.3 Å². The summed E-state index contributed by atoms with van der Waals surface area (Å²) in [6.45, 7) is 2.43. The highest BCUT2D eigenvalue weighted by Crippen LogP contribution is 2.33. The molecule has 2 aromatic carbocycles. The molecule has 6 nitrogen and oxygen atoms in total. The Balaban J connectivity index is 1.87. The number of hydrogen-bond donors (Lipinski definition) is 1. The highest BCUT2D eigenvalue weighted by atomic mass is 32.2. The minimum Gasteiger partial charge on any atom is -0.493 e. The molecular weight excluding hydrogens is 378 g/mol. The quantitative estimate of drug-likeness (QED) is 0.610. The maximum atomic E-state index is 12.4. The summed E-state index contributed by atoms with van der Waals surface area (Å²) in [4.78, 5) is 13.4. The first kappa shape index (κ1) is 21.8. The van der Waals surface area contributed by atoms with Crippen molar-refractivity contribution < 1.29 is 23.7 Å². The summed E-state index contributed by atoms with van der Waals surface area (Å²) in [5.74, 6) is 2.67. The second kappa shape index (κ2) is 10.7. The minimum atomic E-state index is -0.233. The number of methoxy groups -OCH3 is 4. The Morgan fingerprint density at radius 2 is 1.46 bits per heavy atom. The van der Waals surface area contributed by atoms with Crippen molar-refractivity contribution in [3.63, 3.8) is 0 Å². The first-order chi connectivity index (χ1) is 13.5. The van der Waals surface area contributed by atoms with Gasteiger partial charge < -0.3 is 24.3 Å². The number of hydrogen-bond acceptors (Lipinski definition) is 6. The summed E-state index contributed by atoms with van der Waals surface area (Å²) < 4.78 is 21.1. The molecule has 0 spiro atoms. The Morgan fingerprint density at radius 3 is 2.07 bits per heavy atom. The SMILES string of the molecule is COc1ccc(CCNC(=O)[C@H](C)Sc2ccc(OC)c(OC)c2)cc1OC. The van der Waals surface area contributed by atoms with Crippen molar-refractivity contribution in [2.24, 2.45) is 0 Å². The molecule has 0 aliphatic rings. The maximum absolute atomic E-state index is 12.4. The van der Waals surface area contributed by atoms with E-state index in [1.165, 1.54) is 11.8 Å². The lowest BCUT2D eigenvalue weighted by molar-refractivity contribution is -0.120. The Labute approximate surface area is 170 Å². The number of nitrogens with one attached hydrogen (secondary N) is 1. The van der Waals surface area contributed by atoms with E-state index in [1.807, 2.05) is 43.3 Å². The summed E-state index contributed by atoms with van der Waals surface area (Å²) in [5.41, 5.74) is 1.07. The number of carbonyl (C=O) groups is 1. The van der Waals surface area contributed by atoms with Crippen molar-refractivity contribution in [3.8, 4) is 23.0 Å². The van der Waals surface area contributed by atoms with Crippen LogP contribution in [0, 0.1) is 0 Å². The van der Waals surface area contributed by atoms with E-state index in [2.05, 4.69) is 5.32 Å². The molecule has 0 unspecified atom stereocenters. The van der Waals surface area contributed by atoms with Gasteiger partial charge >= 0.3 is 0 Å². The van der Waals surface area contributed by atoms with E-state index in [0.29, 0.717) is 36.0 Å². The van der Waals surface area contributed by atoms with Crippen molar-refractivity contribution in [1.82, 2.24) is 5.32 Å². The van der Waals surface area contributed by atoms with Crippen molar-refractivity contribution >= 4 is 17.7 Å². The molecular formula is C21H27NO5S. The molecule has 0 bridgehead atoms. The molecule has 0 fully saturated rings. The second-order valence-corrected chi connectivity index (χ2v) is 7.42. The van der Waals surface area contributed by atoms with Crippen LogP contribution in [0.2, 0.25) is 0 Å². The summed E-state index contributed by atoms with van der Waals surface area (Å²) in [7, 11) is 6.40. The van der Waals surface area contributed by atoms with Gasteiger partial charge in [0.2, 0.25) is 5.91 Å². The predicted molar refractivity (Wildman–Crippen MR) is 111 cm³/mol. The van der Waals surface area contributed by atoms with Gasteiger partial charge in [-0.05, 0) is 49.2 Å². The molecule has 1 amide bonds. The topological polar surface area (TPSA) is 66.0 Å². The number of benzene rings is 2. The largest absolute Gasteiger partial charge is 0.493 e. The summed E-state index contributed by atoms with van der Waals surface area (Å²) >= 11 is 1.47. The molecule has 28 heavy (non-hydrogen) atoms. The number of rotatable bonds is 10. The van der Waals surface area contributed by atoms with Crippen LogP contribution in [0.1, 0.15) is 12.5 Å². The molecule has 0 heterocycles. The fraction of sp³-hybridized carbons (Fsp3) is 0.381. The predicted octanol–water partition coefficient (Wildman–Crippen LogP) is 3.56. The summed E-state index contributed by atoms with van der Waals surface area (Å²) in [6, 6.07) is 11.4. The zero-order valence-corrected chi connectivity index (χ0v) is 17.7. The van der Waals surface area contributed by atoms with Crippen LogP contribution < -0.4 is 24.3 Å². The average molecular weight is 406 g/mol. The van der Waals surface area contributed by atoms with Gasteiger partial charge in [0, 0.05) is 11.4 Å². The summed E-state index contributed by atoms with van der Waals surface area (Å²) in [5, 5.41) is 2.75. The zero-order valence-electron chi connectivity index (χ0n) is 16.9. The average Bonchev–Trinajstić information content (AvgIpc) is 2.73. The Kier molecular flexibility index (Phi) is 8.32. The molecule has 1 N–H and O–H groups in total. The van der Waals surface area contributed by atoms with Gasteiger partial charge in [-0.3, -0.25) is 4.79 Å². The van der Waals surface area contributed by atoms with Crippen LogP contribution in [-0.2, 0) is 11.2 Å². The van der Waals surface area contributed by atoms with Crippen molar-refractivity contribution in [1.29, 1.82) is 0 Å². The molecule has 0 radical (unpaired) electrons. The normalized spacial score (nSPS) is 11.5. The van der Waals surface area contributed by atoms with Gasteiger partial charge in [0.15, 0.2) is 23.0 Å². The van der Waals surface area contributed by atoms with Crippen LogP contribution in [0.4, 0.5) is 0 Å². The first-order valence-electron chi connectivity index (χ1n) is 8.89.